The van der Waals surface area contributed by atoms with Gasteiger partial charge in [-0.1, -0.05) is 6.92 Å². The van der Waals surface area contributed by atoms with Crippen molar-refractivity contribution < 1.29 is 8.42 Å². The van der Waals surface area contributed by atoms with Crippen molar-refractivity contribution in [2.75, 3.05) is 19.6 Å². The molecule has 1 aliphatic heterocycles. The van der Waals surface area contributed by atoms with Crippen molar-refractivity contribution in [3.05, 3.63) is 10.7 Å². The molecule has 0 saturated carbocycles. The molecule has 1 fully saturated rings. The monoisotopic (exact) mass is 303 g/mol. The minimum atomic E-state index is -3.41. The van der Waals surface area contributed by atoms with Crippen molar-refractivity contribution in [1.82, 2.24) is 14.6 Å². The maximum Gasteiger partial charge on any atom is 0.254 e. The summed E-state index contributed by atoms with van der Waals surface area (Å²) in [5.74, 6) is 0. The Bertz CT molecular complexity index is 533. The minimum Gasteiger partial charge on any atom is -0.315 e. The van der Waals surface area contributed by atoms with Gasteiger partial charge < -0.3 is 5.32 Å². The van der Waals surface area contributed by atoms with Crippen LogP contribution >= 0.6 is 11.3 Å². The number of thiazole rings is 1. The smallest absolute Gasteiger partial charge is 0.254 e. The summed E-state index contributed by atoms with van der Waals surface area (Å²) in [5.41, 5.74) is 0.620. The highest BCUT2D eigenvalue weighted by Crippen LogP contribution is 2.28. The van der Waals surface area contributed by atoms with E-state index in [2.05, 4.69) is 10.3 Å². The van der Waals surface area contributed by atoms with Gasteiger partial charge in [0.2, 0.25) is 0 Å². The Morgan fingerprint density at radius 2 is 2.21 bits per heavy atom. The average molecular weight is 303 g/mol. The predicted molar refractivity (Wildman–Crippen MR) is 77.0 cm³/mol. The zero-order chi connectivity index (χ0) is 14.0. The molecule has 1 aromatic rings. The molecule has 108 valence electrons. The second kappa shape index (κ2) is 5.87. The summed E-state index contributed by atoms with van der Waals surface area (Å²) in [6.07, 6.45) is 1.71. The highest BCUT2D eigenvalue weighted by Gasteiger charge is 2.34. The quantitative estimate of drug-likeness (QED) is 0.896. The van der Waals surface area contributed by atoms with Crippen molar-refractivity contribution in [3.63, 3.8) is 0 Å². The summed E-state index contributed by atoms with van der Waals surface area (Å²) in [5, 5.41) is 4.04. The molecule has 0 radical (unpaired) electrons. The molecule has 0 aliphatic carbocycles. The molecule has 1 atom stereocenters. The lowest BCUT2D eigenvalue weighted by Gasteiger charge is -2.26. The van der Waals surface area contributed by atoms with Crippen LogP contribution in [-0.2, 0) is 10.0 Å². The van der Waals surface area contributed by atoms with E-state index in [9.17, 15) is 8.42 Å². The van der Waals surface area contributed by atoms with Crippen LogP contribution in [0.1, 0.15) is 30.5 Å². The van der Waals surface area contributed by atoms with Crippen molar-refractivity contribution in [2.45, 2.75) is 43.9 Å². The van der Waals surface area contributed by atoms with E-state index in [1.807, 2.05) is 13.8 Å². The molecule has 2 heterocycles. The molecule has 1 unspecified atom stereocenters. The Labute approximate surface area is 119 Å². The van der Waals surface area contributed by atoms with E-state index in [1.165, 1.54) is 11.3 Å². The first-order chi connectivity index (χ1) is 8.96. The van der Waals surface area contributed by atoms with Gasteiger partial charge in [-0.2, -0.15) is 4.31 Å². The molecule has 0 spiro atoms. The van der Waals surface area contributed by atoms with Crippen LogP contribution in [0.2, 0.25) is 0 Å². The molecule has 1 N–H and O–H groups in total. The summed E-state index contributed by atoms with van der Waals surface area (Å²) in [6, 6.07) is 0.0757. The summed E-state index contributed by atoms with van der Waals surface area (Å²) in [7, 11) is -3.41. The fraction of sp³-hybridized carbons (Fsp3) is 0.750. The third-order valence-electron chi connectivity index (χ3n) is 3.29. The van der Waals surface area contributed by atoms with Crippen LogP contribution in [0.15, 0.2) is 4.21 Å². The maximum absolute atomic E-state index is 12.8. The zero-order valence-electron chi connectivity index (χ0n) is 11.6. The first kappa shape index (κ1) is 14.9. The summed E-state index contributed by atoms with van der Waals surface area (Å²) < 4.78 is 27.7. The van der Waals surface area contributed by atoms with Gasteiger partial charge in [0.1, 0.15) is 0 Å². The Hall–Kier alpha value is -0.500. The molecule has 5 nitrogen and oxygen atoms in total. The minimum absolute atomic E-state index is 0.0757. The molecule has 1 saturated heterocycles. The topological polar surface area (TPSA) is 62.3 Å². The van der Waals surface area contributed by atoms with E-state index in [-0.39, 0.29) is 6.04 Å². The lowest BCUT2D eigenvalue weighted by atomic mass is 10.2. The van der Waals surface area contributed by atoms with Gasteiger partial charge in [0.15, 0.2) is 4.21 Å². The second-order valence-corrected chi connectivity index (χ2v) is 8.16. The fourth-order valence-electron chi connectivity index (χ4n) is 2.46. The highest BCUT2D eigenvalue weighted by atomic mass is 32.2. The first-order valence-corrected chi connectivity index (χ1v) is 8.89. The van der Waals surface area contributed by atoms with Crippen LogP contribution in [0.4, 0.5) is 0 Å². The predicted octanol–water partition coefficient (Wildman–Crippen LogP) is 1.52. The number of aromatic nitrogens is 1. The van der Waals surface area contributed by atoms with Crippen molar-refractivity contribution in [3.8, 4) is 0 Å². The summed E-state index contributed by atoms with van der Waals surface area (Å²) >= 11 is 1.27. The van der Waals surface area contributed by atoms with Crippen LogP contribution in [-0.4, -0.2) is 43.4 Å². The molecular weight excluding hydrogens is 282 g/mol. The standard InChI is InChI=1S/C12H21N3O2S2/c1-4-7-15(11-5-6-13-8-11)19(16,17)12-9(2)14-10(3)18-12/h11,13H,4-8H2,1-3H3. The molecule has 1 aliphatic rings. The number of hydrogen-bond donors (Lipinski definition) is 1. The van der Waals surface area contributed by atoms with Crippen molar-refractivity contribution in [1.29, 1.82) is 0 Å². The van der Waals surface area contributed by atoms with Gasteiger partial charge in [-0.15, -0.1) is 11.3 Å². The van der Waals surface area contributed by atoms with E-state index in [0.29, 0.717) is 16.4 Å². The molecule has 2 rings (SSSR count). The molecule has 0 amide bonds. The molecule has 0 bridgehead atoms. The van der Waals surface area contributed by atoms with E-state index >= 15 is 0 Å². The average Bonchev–Trinajstić information content (AvgIpc) is 2.95. The highest BCUT2D eigenvalue weighted by molar-refractivity contribution is 7.91. The first-order valence-electron chi connectivity index (χ1n) is 6.63. The van der Waals surface area contributed by atoms with Gasteiger partial charge in [0, 0.05) is 19.1 Å². The van der Waals surface area contributed by atoms with Crippen molar-refractivity contribution >= 4 is 21.4 Å². The number of nitrogens with one attached hydrogen (secondary N) is 1. The van der Waals surface area contributed by atoms with E-state index in [1.54, 1.807) is 11.2 Å². The van der Waals surface area contributed by atoms with Crippen molar-refractivity contribution in [2.24, 2.45) is 0 Å². The molecule has 7 heteroatoms. The Morgan fingerprint density at radius 3 is 2.68 bits per heavy atom. The van der Waals surface area contributed by atoms with Gasteiger partial charge in [0.25, 0.3) is 10.0 Å². The molecule has 1 aromatic heterocycles. The molecular formula is C12H21N3O2S2. The van der Waals surface area contributed by atoms with E-state index in [4.69, 9.17) is 0 Å². The fourth-order valence-corrected chi connectivity index (χ4v) is 5.80. The van der Waals surface area contributed by atoms with E-state index in [0.717, 1.165) is 30.9 Å². The van der Waals surface area contributed by atoms with Gasteiger partial charge in [0.05, 0.1) is 10.7 Å². The van der Waals surface area contributed by atoms with Gasteiger partial charge in [-0.25, -0.2) is 13.4 Å². The molecule has 0 aromatic carbocycles. The third-order valence-corrected chi connectivity index (χ3v) is 6.90. The van der Waals surface area contributed by atoms with Gasteiger partial charge >= 0.3 is 0 Å². The Morgan fingerprint density at radius 1 is 1.47 bits per heavy atom. The number of aryl methyl sites for hydroxylation is 2. The SMILES string of the molecule is CCCN(C1CCNC1)S(=O)(=O)c1sc(C)nc1C. The lowest BCUT2D eigenvalue weighted by molar-refractivity contribution is 0.335. The second-order valence-electron chi connectivity index (χ2n) is 4.87. The summed E-state index contributed by atoms with van der Waals surface area (Å²) in [4.78, 5) is 4.24. The Balaban J connectivity index is 2.36. The van der Waals surface area contributed by atoms with Crippen LogP contribution < -0.4 is 5.32 Å². The largest absolute Gasteiger partial charge is 0.315 e. The zero-order valence-corrected chi connectivity index (χ0v) is 13.3. The number of hydrogen-bond acceptors (Lipinski definition) is 5. The van der Waals surface area contributed by atoms with Crippen LogP contribution in [0.25, 0.3) is 0 Å². The normalized spacial score (nSPS) is 20.3. The van der Waals surface area contributed by atoms with E-state index < -0.39 is 10.0 Å². The van der Waals surface area contributed by atoms with Crippen LogP contribution in [0, 0.1) is 13.8 Å². The van der Waals surface area contributed by atoms with Crippen LogP contribution in [0.3, 0.4) is 0 Å². The third kappa shape index (κ3) is 2.99. The number of nitrogens with zero attached hydrogens (tertiary/aromatic N) is 2. The lowest BCUT2D eigenvalue weighted by Crippen LogP contribution is -2.41. The number of rotatable bonds is 5. The maximum atomic E-state index is 12.8. The number of sulfonamides is 1. The van der Waals surface area contributed by atoms with Gasteiger partial charge in [-0.05, 0) is 33.2 Å². The molecule has 19 heavy (non-hydrogen) atoms. The summed E-state index contributed by atoms with van der Waals surface area (Å²) in [6.45, 7) is 7.84. The van der Waals surface area contributed by atoms with Gasteiger partial charge in [-0.3, -0.25) is 0 Å². The van der Waals surface area contributed by atoms with Crippen LogP contribution in [0.5, 0.6) is 0 Å². The Kier molecular flexibility index (Phi) is 4.60.